The molecule has 0 amide bonds. The van der Waals surface area contributed by atoms with Crippen LogP contribution in [0.25, 0.3) is 17.3 Å². The van der Waals surface area contributed by atoms with Crippen LogP contribution in [0, 0.1) is 0 Å². The summed E-state index contributed by atoms with van der Waals surface area (Å²) in [6.07, 6.45) is 5.48. The fourth-order valence-corrected chi connectivity index (χ4v) is 3.32. The van der Waals surface area contributed by atoms with Gasteiger partial charge in [-0.2, -0.15) is 0 Å². The van der Waals surface area contributed by atoms with E-state index in [1.54, 1.807) is 24.3 Å². The Hall–Kier alpha value is -3.41. The molecule has 0 saturated carbocycles. The number of phenolic OH excluding ortho intramolecular Hbond substituents is 1. The maximum absolute atomic E-state index is 12.9. The number of aromatic carboxylic acids is 1. The topological polar surface area (TPSA) is 91.9 Å². The largest absolute Gasteiger partial charge is 0.508 e. The maximum Gasteiger partial charge on any atom is 0.337 e. The van der Waals surface area contributed by atoms with E-state index >= 15 is 0 Å². The van der Waals surface area contributed by atoms with Gasteiger partial charge in [0.15, 0.2) is 0 Å². The van der Waals surface area contributed by atoms with E-state index in [0.29, 0.717) is 23.3 Å². The molecule has 2 heterocycles. The molecule has 6 nitrogen and oxygen atoms in total. The van der Waals surface area contributed by atoms with Gasteiger partial charge in [-0.05, 0) is 60.7 Å². The van der Waals surface area contributed by atoms with Gasteiger partial charge in [0.1, 0.15) is 11.4 Å². The lowest BCUT2D eigenvalue weighted by Gasteiger charge is -2.18. The highest BCUT2D eigenvalue weighted by atomic mass is 16.4. The zero-order chi connectivity index (χ0) is 18.3. The summed E-state index contributed by atoms with van der Waals surface area (Å²) in [6, 6.07) is 9.91. The van der Waals surface area contributed by atoms with Crippen molar-refractivity contribution in [1.29, 1.82) is 0 Å². The Morgan fingerprint density at radius 2 is 2.04 bits per heavy atom. The molecule has 6 heteroatoms. The van der Waals surface area contributed by atoms with Crippen LogP contribution in [0.2, 0.25) is 0 Å². The summed E-state index contributed by atoms with van der Waals surface area (Å²) >= 11 is 0. The van der Waals surface area contributed by atoms with Gasteiger partial charge in [-0.3, -0.25) is 9.20 Å². The molecule has 26 heavy (non-hydrogen) atoms. The van der Waals surface area contributed by atoms with Crippen LogP contribution < -0.4 is 5.56 Å². The van der Waals surface area contributed by atoms with Crippen molar-refractivity contribution in [2.45, 2.75) is 19.3 Å². The molecule has 130 valence electrons. The van der Waals surface area contributed by atoms with Gasteiger partial charge in [0.05, 0.1) is 11.3 Å². The number of pyridine rings is 1. The average molecular weight is 348 g/mol. The number of rotatable bonds is 2. The van der Waals surface area contributed by atoms with E-state index in [-0.39, 0.29) is 16.9 Å². The minimum atomic E-state index is -1.08. The summed E-state index contributed by atoms with van der Waals surface area (Å²) < 4.78 is 1.31. The van der Waals surface area contributed by atoms with E-state index in [1.165, 1.54) is 16.7 Å². The number of phenols is 1. The van der Waals surface area contributed by atoms with Gasteiger partial charge < -0.3 is 10.2 Å². The molecule has 2 aromatic heterocycles. The Balaban J connectivity index is 1.91. The average Bonchev–Trinajstić information content (AvgIpc) is 2.62. The fourth-order valence-electron chi connectivity index (χ4n) is 3.32. The fraction of sp³-hybridized carbons (Fsp3) is 0.150. The van der Waals surface area contributed by atoms with Crippen LogP contribution in [0.15, 0.2) is 47.4 Å². The van der Waals surface area contributed by atoms with Gasteiger partial charge in [-0.15, -0.1) is 0 Å². The number of carboxylic acids is 1. The Bertz CT molecular complexity index is 1130. The first-order chi connectivity index (χ1) is 12.5. The summed E-state index contributed by atoms with van der Waals surface area (Å²) in [5.74, 6) is -0.899. The number of nitrogens with zero attached hydrogens (tertiary/aromatic N) is 2. The molecule has 0 spiro atoms. The van der Waals surface area contributed by atoms with Gasteiger partial charge in [-0.1, -0.05) is 12.1 Å². The van der Waals surface area contributed by atoms with E-state index in [4.69, 9.17) is 5.11 Å². The number of fused-ring (bicyclic) bond motifs is 2. The van der Waals surface area contributed by atoms with Crippen LogP contribution in [0.3, 0.4) is 0 Å². The standard InChI is InChI=1S/C20H16N2O4/c23-15-5-1-3-12(10-15)9-13-4-2-6-16-18(13)21-17-8-7-14(20(25)26)11-22(17)19(16)24/h1,3,5,7-11,23H,2,4,6H2,(H,25,26)/b13-9-. The highest BCUT2D eigenvalue weighted by Crippen LogP contribution is 2.30. The van der Waals surface area contributed by atoms with Crippen LogP contribution in [0.4, 0.5) is 0 Å². The number of hydrogen-bond donors (Lipinski definition) is 2. The Kier molecular flexibility index (Phi) is 3.80. The van der Waals surface area contributed by atoms with E-state index < -0.39 is 5.97 Å². The van der Waals surface area contributed by atoms with Crippen molar-refractivity contribution in [1.82, 2.24) is 9.38 Å². The number of allylic oxidation sites excluding steroid dienone is 1. The Labute approximate surface area is 148 Å². The minimum absolute atomic E-state index is 0.0488. The lowest BCUT2D eigenvalue weighted by molar-refractivity contribution is 0.0696. The highest BCUT2D eigenvalue weighted by Gasteiger charge is 2.21. The third kappa shape index (κ3) is 2.75. The van der Waals surface area contributed by atoms with E-state index in [0.717, 1.165) is 24.0 Å². The molecule has 1 aliphatic carbocycles. The number of carboxylic acid groups (broad SMARTS) is 1. The first-order valence-corrected chi connectivity index (χ1v) is 8.31. The molecule has 0 saturated heterocycles. The number of aromatic nitrogens is 2. The maximum atomic E-state index is 12.9. The molecule has 2 N–H and O–H groups in total. The second kappa shape index (κ2) is 6.15. The predicted molar refractivity (Wildman–Crippen MR) is 97.3 cm³/mol. The molecular weight excluding hydrogens is 332 g/mol. The summed E-state index contributed by atoms with van der Waals surface area (Å²) in [6.45, 7) is 0. The van der Waals surface area contributed by atoms with Crippen LogP contribution in [-0.4, -0.2) is 25.6 Å². The predicted octanol–water partition coefficient (Wildman–Crippen LogP) is 2.98. The van der Waals surface area contributed by atoms with Crippen molar-refractivity contribution < 1.29 is 15.0 Å². The Morgan fingerprint density at radius 3 is 2.81 bits per heavy atom. The summed E-state index contributed by atoms with van der Waals surface area (Å²) in [5, 5.41) is 18.8. The SMILES string of the molecule is O=C(O)c1ccc2nc3c(c(=O)n2c1)CCC/C3=C/c1cccc(O)c1. The molecule has 3 aromatic rings. The molecule has 1 aromatic carbocycles. The van der Waals surface area contributed by atoms with E-state index in [2.05, 4.69) is 4.98 Å². The summed E-state index contributed by atoms with van der Waals surface area (Å²) in [4.78, 5) is 28.6. The van der Waals surface area contributed by atoms with Crippen LogP contribution in [-0.2, 0) is 6.42 Å². The van der Waals surface area contributed by atoms with Gasteiger partial charge in [0.25, 0.3) is 5.56 Å². The summed E-state index contributed by atoms with van der Waals surface area (Å²) in [5.41, 5.74) is 3.29. The first-order valence-electron chi connectivity index (χ1n) is 8.31. The zero-order valence-electron chi connectivity index (χ0n) is 13.8. The number of hydrogen-bond acceptors (Lipinski definition) is 4. The molecule has 4 rings (SSSR count). The monoisotopic (exact) mass is 348 g/mol. The number of carbonyl (C=O) groups is 1. The van der Waals surface area contributed by atoms with Crippen molar-refractivity contribution in [2.24, 2.45) is 0 Å². The number of aromatic hydroxyl groups is 1. The second-order valence-corrected chi connectivity index (χ2v) is 6.31. The van der Waals surface area contributed by atoms with E-state index in [1.807, 2.05) is 12.1 Å². The molecule has 0 unspecified atom stereocenters. The normalized spacial score (nSPS) is 15.2. The lowest BCUT2D eigenvalue weighted by atomic mass is 9.90. The molecule has 0 bridgehead atoms. The van der Waals surface area contributed by atoms with Crippen LogP contribution in [0.1, 0.15) is 40.0 Å². The van der Waals surface area contributed by atoms with Crippen molar-refractivity contribution in [2.75, 3.05) is 0 Å². The highest BCUT2D eigenvalue weighted by molar-refractivity contribution is 5.88. The molecule has 0 radical (unpaired) electrons. The van der Waals surface area contributed by atoms with Crippen LogP contribution >= 0.6 is 0 Å². The smallest absolute Gasteiger partial charge is 0.337 e. The third-order valence-corrected chi connectivity index (χ3v) is 4.55. The van der Waals surface area contributed by atoms with Crippen molar-refractivity contribution >= 4 is 23.3 Å². The van der Waals surface area contributed by atoms with Crippen LogP contribution in [0.5, 0.6) is 5.75 Å². The molecule has 1 aliphatic rings. The van der Waals surface area contributed by atoms with Crippen molar-refractivity contribution in [3.63, 3.8) is 0 Å². The zero-order valence-corrected chi connectivity index (χ0v) is 13.8. The number of benzene rings is 1. The van der Waals surface area contributed by atoms with Gasteiger partial charge in [0, 0.05) is 11.8 Å². The van der Waals surface area contributed by atoms with Crippen molar-refractivity contribution in [3.05, 3.63) is 75.3 Å². The molecule has 0 atom stereocenters. The Morgan fingerprint density at radius 1 is 1.19 bits per heavy atom. The van der Waals surface area contributed by atoms with Gasteiger partial charge in [0.2, 0.25) is 0 Å². The quantitative estimate of drug-likeness (QED) is 0.743. The van der Waals surface area contributed by atoms with Gasteiger partial charge >= 0.3 is 5.97 Å². The molecule has 0 fully saturated rings. The minimum Gasteiger partial charge on any atom is -0.508 e. The molecular formula is C20H16N2O4. The second-order valence-electron chi connectivity index (χ2n) is 6.31. The third-order valence-electron chi connectivity index (χ3n) is 4.55. The van der Waals surface area contributed by atoms with Crippen molar-refractivity contribution in [3.8, 4) is 5.75 Å². The molecule has 0 aliphatic heterocycles. The van der Waals surface area contributed by atoms with E-state index in [9.17, 15) is 14.7 Å². The summed E-state index contributed by atoms with van der Waals surface area (Å²) in [7, 11) is 0. The van der Waals surface area contributed by atoms with Gasteiger partial charge in [-0.25, -0.2) is 9.78 Å². The first kappa shape index (κ1) is 16.1. The lowest BCUT2D eigenvalue weighted by Crippen LogP contribution is -2.25.